The molecule has 0 fully saturated rings. The number of carbonyl (C=O) groups is 1. The number of rotatable bonds is 5. The predicted molar refractivity (Wildman–Crippen MR) is 107 cm³/mol. The zero-order valence-electron chi connectivity index (χ0n) is 13.6. The zero-order valence-corrected chi connectivity index (χ0v) is 15.2. The molecule has 7 heteroatoms. The average Bonchev–Trinajstić information content (AvgIpc) is 3.41. The summed E-state index contributed by atoms with van der Waals surface area (Å²) in [7, 11) is 0. The summed E-state index contributed by atoms with van der Waals surface area (Å²) in [5.74, 6) is -0.218. The number of nitrogens with one attached hydrogen (secondary N) is 1. The van der Waals surface area contributed by atoms with Gasteiger partial charge in [0.15, 0.2) is 5.13 Å². The van der Waals surface area contributed by atoms with Crippen molar-refractivity contribution < 1.29 is 4.79 Å². The van der Waals surface area contributed by atoms with E-state index in [0.29, 0.717) is 5.13 Å². The number of nitrogens with zero attached hydrogens (tertiary/aromatic N) is 3. The zero-order chi connectivity index (χ0) is 17.8. The second-order valence-corrected chi connectivity index (χ2v) is 7.19. The third kappa shape index (κ3) is 3.63. The molecule has 0 radical (unpaired) electrons. The fourth-order valence-electron chi connectivity index (χ4n) is 2.42. The van der Waals surface area contributed by atoms with Crippen LogP contribution in [0.1, 0.15) is 5.56 Å². The van der Waals surface area contributed by atoms with Gasteiger partial charge in [0, 0.05) is 29.4 Å². The van der Waals surface area contributed by atoms with E-state index in [9.17, 15) is 4.79 Å². The minimum atomic E-state index is -0.218. The van der Waals surface area contributed by atoms with Gasteiger partial charge < -0.3 is 0 Å². The number of hydrogen-bond donors (Lipinski definition) is 1. The summed E-state index contributed by atoms with van der Waals surface area (Å²) in [5.41, 5.74) is 2.70. The maximum Gasteiger partial charge on any atom is 0.250 e. The van der Waals surface area contributed by atoms with Crippen LogP contribution in [0.25, 0.3) is 22.3 Å². The van der Waals surface area contributed by atoms with Crippen molar-refractivity contribution in [1.82, 2.24) is 14.8 Å². The number of aromatic nitrogens is 3. The van der Waals surface area contributed by atoms with Gasteiger partial charge >= 0.3 is 0 Å². The van der Waals surface area contributed by atoms with E-state index in [1.807, 2.05) is 64.1 Å². The van der Waals surface area contributed by atoms with E-state index in [-0.39, 0.29) is 5.91 Å². The maximum atomic E-state index is 12.1. The highest BCUT2D eigenvalue weighted by Crippen LogP contribution is 2.28. The van der Waals surface area contributed by atoms with Gasteiger partial charge in [-0.1, -0.05) is 24.3 Å². The van der Waals surface area contributed by atoms with Gasteiger partial charge in [0.2, 0.25) is 5.91 Å². The maximum absolute atomic E-state index is 12.1. The van der Waals surface area contributed by atoms with Crippen LogP contribution in [0.2, 0.25) is 0 Å². The molecule has 128 valence electrons. The third-order valence-electron chi connectivity index (χ3n) is 3.59. The van der Waals surface area contributed by atoms with Crippen LogP contribution in [0.15, 0.2) is 71.7 Å². The van der Waals surface area contributed by atoms with Crippen molar-refractivity contribution in [3.8, 4) is 16.3 Å². The number of para-hydroxylation sites is 1. The molecule has 1 aromatic carbocycles. The molecule has 0 aliphatic carbocycles. The molecule has 3 heterocycles. The molecule has 0 unspecified atom stereocenters. The molecule has 4 aromatic rings. The highest BCUT2D eigenvalue weighted by atomic mass is 32.1. The number of thiophene rings is 1. The summed E-state index contributed by atoms with van der Waals surface area (Å²) in [5, 5.41) is 11.9. The van der Waals surface area contributed by atoms with Crippen molar-refractivity contribution in [3.05, 3.63) is 77.3 Å². The van der Waals surface area contributed by atoms with Gasteiger partial charge in [0.05, 0.1) is 10.6 Å². The summed E-state index contributed by atoms with van der Waals surface area (Å²) in [4.78, 5) is 17.2. The normalized spacial score (nSPS) is 11.1. The first-order valence-electron chi connectivity index (χ1n) is 7.87. The molecule has 4 rings (SSSR count). The molecule has 0 aliphatic rings. The van der Waals surface area contributed by atoms with Crippen molar-refractivity contribution in [2.24, 2.45) is 0 Å². The Morgan fingerprint density at radius 2 is 1.96 bits per heavy atom. The first kappa shape index (κ1) is 16.4. The average molecular weight is 378 g/mol. The Balaban J connectivity index is 1.64. The molecule has 0 atom stereocenters. The number of carbonyl (C=O) groups excluding carboxylic acids is 1. The smallest absolute Gasteiger partial charge is 0.250 e. The van der Waals surface area contributed by atoms with Gasteiger partial charge in [-0.05, 0) is 29.7 Å². The van der Waals surface area contributed by atoms with Gasteiger partial charge in [-0.3, -0.25) is 10.1 Å². The standard InChI is InChI=1S/C19H14N4OS2/c24-17(21-19-20-10-12-26-19)9-8-14-13-23(15-5-2-1-3-6-15)22-18(14)16-7-4-11-25-16/h1-13H,(H,20,21,24)/b9-8+. The molecule has 0 saturated carbocycles. The van der Waals surface area contributed by atoms with Crippen LogP contribution in [-0.4, -0.2) is 20.7 Å². The molecule has 0 saturated heterocycles. The van der Waals surface area contributed by atoms with E-state index in [4.69, 9.17) is 5.10 Å². The lowest BCUT2D eigenvalue weighted by molar-refractivity contribution is -0.111. The van der Waals surface area contributed by atoms with E-state index in [0.717, 1.165) is 21.8 Å². The largest absolute Gasteiger partial charge is 0.298 e. The predicted octanol–water partition coefficient (Wildman–Crippen LogP) is 4.71. The topological polar surface area (TPSA) is 59.8 Å². The molecule has 0 aliphatic heterocycles. The lowest BCUT2D eigenvalue weighted by atomic mass is 10.2. The monoisotopic (exact) mass is 378 g/mol. The Bertz CT molecular complexity index is 1020. The molecular weight excluding hydrogens is 364 g/mol. The van der Waals surface area contributed by atoms with Crippen LogP contribution in [0.3, 0.4) is 0 Å². The van der Waals surface area contributed by atoms with Gasteiger partial charge in [0.25, 0.3) is 0 Å². The Morgan fingerprint density at radius 3 is 2.69 bits per heavy atom. The van der Waals surface area contributed by atoms with Gasteiger partial charge in [0.1, 0.15) is 5.69 Å². The summed E-state index contributed by atoms with van der Waals surface area (Å²) in [6.45, 7) is 0. The molecule has 26 heavy (non-hydrogen) atoms. The van der Waals surface area contributed by atoms with Gasteiger partial charge in [-0.25, -0.2) is 9.67 Å². The van der Waals surface area contributed by atoms with E-state index in [1.165, 1.54) is 17.4 Å². The number of anilines is 1. The summed E-state index contributed by atoms with van der Waals surface area (Å²) in [6, 6.07) is 13.9. The molecular formula is C19H14N4OS2. The van der Waals surface area contributed by atoms with Crippen molar-refractivity contribution in [1.29, 1.82) is 0 Å². The molecule has 0 bridgehead atoms. The van der Waals surface area contributed by atoms with E-state index < -0.39 is 0 Å². The van der Waals surface area contributed by atoms with Crippen LogP contribution in [0.5, 0.6) is 0 Å². The number of hydrogen-bond acceptors (Lipinski definition) is 5. The minimum Gasteiger partial charge on any atom is -0.298 e. The fourth-order valence-corrected chi connectivity index (χ4v) is 3.69. The SMILES string of the molecule is O=C(/C=C/c1cn(-c2ccccc2)nc1-c1cccs1)Nc1nccs1. The first-order chi connectivity index (χ1) is 12.8. The first-order valence-corrected chi connectivity index (χ1v) is 9.63. The lowest BCUT2D eigenvalue weighted by Crippen LogP contribution is -2.07. The van der Waals surface area contributed by atoms with Gasteiger partial charge in [-0.15, -0.1) is 22.7 Å². The fraction of sp³-hybridized carbons (Fsp3) is 0. The number of thiazole rings is 1. The molecule has 5 nitrogen and oxygen atoms in total. The van der Waals surface area contributed by atoms with Crippen molar-refractivity contribution in [3.63, 3.8) is 0 Å². The highest BCUT2D eigenvalue weighted by molar-refractivity contribution is 7.14. The van der Waals surface area contributed by atoms with Crippen molar-refractivity contribution in [2.75, 3.05) is 5.32 Å². The third-order valence-corrected chi connectivity index (χ3v) is 5.16. The van der Waals surface area contributed by atoms with Crippen LogP contribution in [0, 0.1) is 0 Å². The minimum absolute atomic E-state index is 0.218. The van der Waals surface area contributed by atoms with E-state index >= 15 is 0 Å². The van der Waals surface area contributed by atoms with Crippen molar-refractivity contribution >= 4 is 39.8 Å². The molecule has 3 aromatic heterocycles. The lowest BCUT2D eigenvalue weighted by Gasteiger charge is -1.99. The quantitative estimate of drug-likeness (QED) is 0.512. The Hall–Kier alpha value is -3.03. The molecule has 1 N–H and O–H groups in total. The molecule has 0 spiro atoms. The number of amides is 1. The second-order valence-electron chi connectivity index (χ2n) is 5.35. The van der Waals surface area contributed by atoms with Crippen molar-refractivity contribution in [2.45, 2.75) is 0 Å². The highest BCUT2D eigenvalue weighted by Gasteiger charge is 2.11. The van der Waals surface area contributed by atoms with Crippen LogP contribution < -0.4 is 5.32 Å². The summed E-state index contributed by atoms with van der Waals surface area (Å²) in [6.07, 6.45) is 6.87. The van der Waals surface area contributed by atoms with Crippen LogP contribution in [-0.2, 0) is 4.79 Å². The van der Waals surface area contributed by atoms with Crippen LogP contribution in [0.4, 0.5) is 5.13 Å². The van der Waals surface area contributed by atoms with E-state index in [2.05, 4.69) is 10.3 Å². The Morgan fingerprint density at radius 1 is 1.08 bits per heavy atom. The summed E-state index contributed by atoms with van der Waals surface area (Å²) >= 11 is 3.00. The molecule has 1 amide bonds. The summed E-state index contributed by atoms with van der Waals surface area (Å²) < 4.78 is 1.83. The Labute approximate surface area is 158 Å². The van der Waals surface area contributed by atoms with Crippen LogP contribution >= 0.6 is 22.7 Å². The Kier molecular flexibility index (Phi) is 4.72. The number of benzene rings is 1. The second kappa shape index (κ2) is 7.47. The van der Waals surface area contributed by atoms with E-state index in [1.54, 1.807) is 23.6 Å². The van der Waals surface area contributed by atoms with Gasteiger partial charge in [-0.2, -0.15) is 5.10 Å².